The molecule has 19 heavy (non-hydrogen) atoms. The molecule has 0 amide bonds. The fraction of sp³-hybridized carbons (Fsp3) is 0.615. The molecule has 0 saturated carbocycles. The summed E-state index contributed by atoms with van der Waals surface area (Å²) in [6, 6.07) is 0. The van der Waals surface area contributed by atoms with E-state index >= 15 is 0 Å². The predicted octanol–water partition coefficient (Wildman–Crippen LogP) is 1.84. The van der Waals surface area contributed by atoms with Crippen LogP contribution in [0.3, 0.4) is 0 Å². The summed E-state index contributed by atoms with van der Waals surface area (Å²) in [5, 5.41) is 12.1. The molecule has 2 aromatic heterocycles. The largest absolute Gasteiger partial charge is 0.375 e. The molecule has 0 bridgehead atoms. The maximum absolute atomic E-state index is 4.41. The fourth-order valence-electron chi connectivity index (χ4n) is 2.04. The van der Waals surface area contributed by atoms with Crippen LogP contribution < -0.4 is 5.32 Å². The number of nitrogens with one attached hydrogen (secondary N) is 1. The van der Waals surface area contributed by atoms with Crippen LogP contribution in [0.2, 0.25) is 0 Å². The lowest BCUT2D eigenvalue weighted by molar-refractivity contribution is 0.468. The molecule has 2 rings (SSSR count). The number of hydrogen-bond donors (Lipinski definition) is 1. The SMILES string of the molecule is CCc1nn(C)cc1NCc1ncnn1CC(C)C. The lowest BCUT2D eigenvalue weighted by Crippen LogP contribution is -2.13. The maximum Gasteiger partial charge on any atom is 0.146 e. The average Bonchev–Trinajstić information content (AvgIpc) is 2.92. The van der Waals surface area contributed by atoms with Crippen molar-refractivity contribution in [3.8, 4) is 0 Å². The zero-order valence-corrected chi connectivity index (χ0v) is 12.1. The van der Waals surface area contributed by atoms with Crippen molar-refractivity contribution >= 4 is 5.69 Å². The maximum atomic E-state index is 4.41. The van der Waals surface area contributed by atoms with Gasteiger partial charge in [-0.2, -0.15) is 10.2 Å². The van der Waals surface area contributed by atoms with Gasteiger partial charge in [0.2, 0.25) is 0 Å². The first-order valence-corrected chi connectivity index (χ1v) is 6.73. The lowest BCUT2D eigenvalue weighted by atomic mass is 10.2. The molecule has 2 aromatic rings. The summed E-state index contributed by atoms with van der Waals surface area (Å²) < 4.78 is 3.79. The molecule has 0 aliphatic carbocycles. The molecule has 2 heterocycles. The van der Waals surface area contributed by atoms with E-state index in [9.17, 15) is 0 Å². The minimum absolute atomic E-state index is 0.560. The molecule has 1 N–H and O–H groups in total. The van der Waals surface area contributed by atoms with Crippen LogP contribution in [0, 0.1) is 5.92 Å². The van der Waals surface area contributed by atoms with Crippen LogP contribution in [-0.4, -0.2) is 24.5 Å². The monoisotopic (exact) mass is 262 g/mol. The summed E-state index contributed by atoms with van der Waals surface area (Å²) >= 11 is 0. The van der Waals surface area contributed by atoms with Crippen LogP contribution >= 0.6 is 0 Å². The standard InChI is InChI=1S/C13H22N6/c1-5-11-12(8-18(4)17-11)14-6-13-15-9-16-19(13)7-10(2)3/h8-10,14H,5-7H2,1-4H3. The molecule has 6 nitrogen and oxygen atoms in total. The highest BCUT2D eigenvalue weighted by Gasteiger charge is 2.09. The summed E-state index contributed by atoms with van der Waals surface area (Å²) in [6.07, 6.45) is 4.53. The Morgan fingerprint density at radius 1 is 1.37 bits per heavy atom. The average molecular weight is 262 g/mol. The highest BCUT2D eigenvalue weighted by Crippen LogP contribution is 2.14. The van der Waals surface area contributed by atoms with Gasteiger partial charge in [0.1, 0.15) is 12.2 Å². The number of nitrogens with zero attached hydrogens (tertiary/aromatic N) is 5. The van der Waals surface area contributed by atoms with Crippen molar-refractivity contribution < 1.29 is 0 Å². The van der Waals surface area contributed by atoms with Gasteiger partial charge in [0, 0.05) is 19.8 Å². The van der Waals surface area contributed by atoms with Crippen molar-refractivity contribution in [1.82, 2.24) is 24.5 Å². The Bertz CT molecular complexity index is 525. The molecule has 0 aliphatic rings. The predicted molar refractivity (Wildman–Crippen MR) is 74.8 cm³/mol. The van der Waals surface area contributed by atoms with Crippen LogP contribution in [0.1, 0.15) is 32.3 Å². The molecule has 0 radical (unpaired) electrons. The van der Waals surface area contributed by atoms with E-state index in [4.69, 9.17) is 0 Å². The number of anilines is 1. The van der Waals surface area contributed by atoms with E-state index in [1.807, 2.05) is 22.6 Å². The lowest BCUT2D eigenvalue weighted by Gasteiger charge is -2.09. The van der Waals surface area contributed by atoms with Gasteiger partial charge in [-0.1, -0.05) is 20.8 Å². The molecular formula is C13H22N6. The van der Waals surface area contributed by atoms with Crippen LogP contribution in [0.5, 0.6) is 0 Å². The Kier molecular flexibility index (Phi) is 4.19. The second-order valence-corrected chi connectivity index (χ2v) is 5.12. The Morgan fingerprint density at radius 3 is 2.84 bits per heavy atom. The van der Waals surface area contributed by atoms with E-state index in [1.54, 1.807) is 6.33 Å². The minimum atomic E-state index is 0.560. The second kappa shape index (κ2) is 5.86. The topological polar surface area (TPSA) is 60.6 Å². The van der Waals surface area contributed by atoms with Gasteiger partial charge in [0.05, 0.1) is 17.9 Å². The summed E-state index contributed by atoms with van der Waals surface area (Å²) in [4.78, 5) is 4.31. The van der Waals surface area contributed by atoms with E-state index in [1.165, 1.54) is 0 Å². The third-order valence-corrected chi connectivity index (χ3v) is 2.91. The molecule has 0 saturated heterocycles. The van der Waals surface area contributed by atoms with E-state index in [-0.39, 0.29) is 0 Å². The van der Waals surface area contributed by atoms with Crippen molar-refractivity contribution in [3.05, 3.63) is 24.0 Å². The van der Waals surface area contributed by atoms with Crippen LogP contribution in [0.4, 0.5) is 5.69 Å². The van der Waals surface area contributed by atoms with Crippen LogP contribution in [0.25, 0.3) is 0 Å². The van der Waals surface area contributed by atoms with E-state index in [0.29, 0.717) is 12.5 Å². The molecule has 0 fully saturated rings. The van der Waals surface area contributed by atoms with Gasteiger partial charge in [0.25, 0.3) is 0 Å². The molecule has 6 heteroatoms. The van der Waals surface area contributed by atoms with Gasteiger partial charge < -0.3 is 5.32 Å². The minimum Gasteiger partial charge on any atom is -0.375 e. The highest BCUT2D eigenvalue weighted by atomic mass is 15.3. The summed E-state index contributed by atoms with van der Waals surface area (Å²) in [5.74, 6) is 1.52. The Balaban J connectivity index is 2.04. The van der Waals surface area contributed by atoms with Crippen LogP contribution in [0.15, 0.2) is 12.5 Å². The van der Waals surface area contributed by atoms with E-state index in [2.05, 4.69) is 41.3 Å². The molecule has 0 atom stereocenters. The van der Waals surface area contributed by atoms with Gasteiger partial charge in [-0.15, -0.1) is 0 Å². The summed E-state index contributed by atoms with van der Waals surface area (Å²) in [7, 11) is 1.94. The third-order valence-electron chi connectivity index (χ3n) is 2.91. The molecule has 0 spiro atoms. The van der Waals surface area contributed by atoms with Crippen molar-refractivity contribution in [3.63, 3.8) is 0 Å². The zero-order chi connectivity index (χ0) is 13.8. The van der Waals surface area contributed by atoms with Gasteiger partial charge >= 0.3 is 0 Å². The first-order chi connectivity index (χ1) is 9.10. The Morgan fingerprint density at radius 2 is 2.16 bits per heavy atom. The third kappa shape index (κ3) is 3.33. The van der Waals surface area contributed by atoms with Gasteiger partial charge in [0.15, 0.2) is 0 Å². The Hall–Kier alpha value is -1.85. The summed E-state index contributed by atoms with van der Waals surface area (Å²) in [6.45, 7) is 8.02. The number of hydrogen-bond acceptors (Lipinski definition) is 4. The quantitative estimate of drug-likeness (QED) is 0.863. The smallest absolute Gasteiger partial charge is 0.146 e. The van der Waals surface area contributed by atoms with Gasteiger partial charge in [-0.05, 0) is 12.3 Å². The summed E-state index contributed by atoms with van der Waals surface area (Å²) in [5.41, 5.74) is 2.15. The van der Waals surface area contributed by atoms with Crippen molar-refractivity contribution in [1.29, 1.82) is 0 Å². The molecular weight excluding hydrogens is 240 g/mol. The Labute approximate surface area is 113 Å². The van der Waals surface area contributed by atoms with E-state index in [0.717, 1.165) is 30.2 Å². The van der Waals surface area contributed by atoms with Gasteiger partial charge in [-0.25, -0.2) is 9.67 Å². The van der Waals surface area contributed by atoms with Gasteiger partial charge in [-0.3, -0.25) is 4.68 Å². The first-order valence-electron chi connectivity index (χ1n) is 6.73. The fourth-order valence-corrected chi connectivity index (χ4v) is 2.04. The number of rotatable bonds is 6. The molecule has 0 aromatic carbocycles. The first kappa shape index (κ1) is 13.6. The van der Waals surface area contributed by atoms with Crippen molar-refractivity contribution in [2.75, 3.05) is 5.32 Å². The zero-order valence-electron chi connectivity index (χ0n) is 12.1. The second-order valence-electron chi connectivity index (χ2n) is 5.12. The normalized spacial score (nSPS) is 11.2. The van der Waals surface area contributed by atoms with Crippen LogP contribution in [-0.2, 0) is 26.6 Å². The van der Waals surface area contributed by atoms with Crippen molar-refractivity contribution in [2.24, 2.45) is 13.0 Å². The number of aromatic nitrogens is 5. The highest BCUT2D eigenvalue weighted by molar-refractivity contribution is 5.46. The molecule has 0 unspecified atom stereocenters. The van der Waals surface area contributed by atoms with Crippen molar-refractivity contribution in [2.45, 2.75) is 40.3 Å². The van der Waals surface area contributed by atoms with E-state index < -0.39 is 0 Å². The molecule has 0 aliphatic heterocycles. The number of aryl methyl sites for hydroxylation is 2. The molecule has 104 valence electrons.